The Morgan fingerprint density at radius 2 is 1.68 bits per heavy atom. The maximum atomic E-state index is 6.58. The molecule has 1 unspecified atom stereocenters. The van der Waals surface area contributed by atoms with Gasteiger partial charge in [0.2, 0.25) is 0 Å². The fourth-order valence-corrected chi connectivity index (χ4v) is 3.23. The van der Waals surface area contributed by atoms with Gasteiger partial charge in [-0.05, 0) is 17.5 Å². The molecule has 1 aliphatic rings. The highest BCUT2D eigenvalue weighted by molar-refractivity contribution is 6.33. The summed E-state index contributed by atoms with van der Waals surface area (Å²) in [4.78, 5) is 0. The Labute approximate surface area is 125 Å². The summed E-state index contributed by atoms with van der Waals surface area (Å²) in [5.74, 6) is 1.90. The first-order chi connectivity index (χ1) is 9.17. The van der Waals surface area contributed by atoms with E-state index in [0.717, 1.165) is 36.3 Å². The average Bonchev–Trinajstić information content (AvgIpc) is 2.63. The summed E-state index contributed by atoms with van der Waals surface area (Å²) in [7, 11) is 0. The average molecular weight is 303 g/mol. The number of fused-ring (bicyclic) bond motifs is 1. The molecule has 0 saturated heterocycles. The molecule has 0 fully saturated rings. The Balaban J connectivity index is 2.33. The first-order valence-electron chi connectivity index (χ1n) is 6.90. The van der Waals surface area contributed by atoms with E-state index in [1.54, 1.807) is 0 Å². The summed E-state index contributed by atoms with van der Waals surface area (Å²) in [5.41, 5.74) is 0.946. The fraction of sp³-hybridized carbons (Fsp3) is 0.600. The Bertz CT molecular complexity index is 430. The SMILES string of the molecule is CCC(CC)C(Cl)c1cc2c(cc1Cl)OCCCO2. The Morgan fingerprint density at radius 1 is 1.11 bits per heavy atom. The summed E-state index contributed by atoms with van der Waals surface area (Å²) in [6, 6.07) is 3.77. The van der Waals surface area contributed by atoms with E-state index in [4.69, 9.17) is 32.7 Å². The molecule has 0 spiro atoms. The van der Waals surface area contributed by atoms with Gasteiger partial charge in [0.15, 0.2) is 11.5 Å². The van der Waals surface area contributed by atoms with Crippen LogP contribution in [-0.4, -0.2) is 13.2 Å². The molecule has 0 amide bonds. The second-order valence-electron chi connectivity index (χ2n) is 4.85. The monoisotopic (exact) mass is 302 g/mol. The molecule has 0 saturated carbocycles. The molecule has 1 aromatic carbocycles. The van der Waals surface area contributed by atoms with Crippen LogP contribution >= 0.6 is 23.2 Å². The van der Waals surface area contributed by atoms with Crippen LogP contribution in [0.4, 0.5) is 0 Å². The number of ether oxygens (including phenoxy) is 2. The normalized spacial score (nSPS) is 16.3. The molecule has 2 rings (SSSR count). The van der Waals surface area contributed by atoms with Crippen molar-refractivity contribution in [3.05, 3.63) is 22.7 Å². The van der Waals surface area contributed by atoms with Crippen molar-refractivity contribution in [2.75, 3.05) is 13.2 Å². The molecular weight excluding hydrogens is 283 g/mol. The molecule has 0 bridgehead atoms. The van der Waals surface area contributed by atoms with Gasteiger partial charge in [-0.3, -0.25) is 0 Å². The van der Waals surface area contributed by atoms with E-state index in [1.165, 1.54) is 0 Å². The highest BCUT2D eigenvalue weighted by Gasteiger charge is 2.23. The third-order valence-electron chi connectivity index (χ3n) is 3.63. The molecule has 0 N–H and O–H groups in total. The van der Waals surface area contributed by atoms with Crippen molar-refractivity contribution in [2.45, 2.75) is 38.5 Å². The molecule has 4 heteroatoms. The quantitative estimate of drug-likeness (QED) is 0.710. The van der Waals surface area contributed by atoms with Crippen molar-refractivity contribution in [2.24, 2.45) is 5.92 Å². The molecule has 0 aromatic heterocycles. The largest absolute Gasteiger partial charge is 0.490 e. The maximum absolute atomic E-state index is 6.58. The van der Waals surface area contributed by atoms with Gasteiger partial charge < -0.3 is 9.47 Å². The van der Waals surface area contributed by atoms with Crippen LogP contribution in [-0.2, 0) is 0 Å². The van der Waals surface area contributed by atoms with E-state index in [1.807, 2.05) is 12.1 Å². The number of halogens is 2. The Hall–Kier alpha value is -0.600. The van der Waals surface area contributed by atoms with Gasteiger partial charge in [-0.1, -0.05) is 38.3 Å². The van der Waals surface area contributed by atoms with Gasteiger partial charge in [0.25, 0.3) is 0 Å². The summed E-state index contributed by atoms with van der Waals surface area (Å²) in [5, 5.41) is 0.579. The van der Waals surface area contributed by atoms with E-state index in [0.29, 0.717) is 24.2 Å². The number of benzene rings is 1. The van der Waals surface area contributed by atoms with Crippen LogP contribution in [0.2, 0.25) is 5.02 Å². The maximum Gasteiger partial charge on any atom is 0.162 e. The first kappa shape index (κ1) is 14.8. The predicted octanol–water partition coefficient (Wildman–Crippen LogP) is 5.22. The molecular formula is C15H20Cl2O2. The van der Waals surface area contributed by atoms with Crippen molar-refractivity contribution < 1.29 is 9.47 Å². The molecule has 106 valence electrons. The standard InChI is InChI=1S/C15H20Cl2O2/c1-3-10(4-2)15(17)11-8-13-14(9-12(11)16)19-7-5-6-18-13/h8-10,15H,3-7H2,1-2H3. The van der Waals surface area contributed by atoms with E-state index < -0.39 is 0 Å². The lowest BCUT2D eigenvalue weighted by atomic mass is 9.93. The third-order valence-corrected chi connectivity index (χ3v) is 4.55. The number of rotatable bonds is 4. The molecule has 19 heavy (non-hydrogen) atoms. The summed E-state index contributed by atoms with van der Waals surface area (Å²) < 4.78 is 11.3. The zero-order chi connectivity index (χ0) is 13.8. The van der Waals surface area contributed by atoms with Gasteiger partial charge in [-0.15, -0.1) is 11.6 Å². The summed E-state index contributed by atoms with van der Waals surface area (Å²) in [6.07, 6.45) is 2.96. The molecule has 0 aliphatic carbocycles. The third kappa shape index (κ3) is 3.29. The van der Waals surface area contributed by atoms with Gasteiger partial charge in [0.05, 0.1) is 18.6 Å². The smallest absolute Gasteiger partial charge is 0.162 e. The number of hydrogen-bond acceptors (Lipinski definition) is 2. The Morgan fingerprint density at radius 3 is 2.26 bits per heavy atom. The van der Waals surface area contributed by atoms with Gasteiger partial charge in [-0.25, -0.2) is 0 Å². The van der Waals surface area contributed by atoms with Gasteiger partial charge in [0, 0.05) is 17.5 Å². The van der Waals surface area contributed by atoms with E-state index in [9.17, 15) is 0 Å². The van der Waals surface area contributed by atoms with Gasteiger partial charge in [-0.2, -0.15) is 0 Å². The number of alkyl halides is 1. The molecule has 2 nitrogen and oxygen atoms in total. The second kappa shape index (κ2) is 6.71. The highest BCUT2D eigenvalue weighted by atomic mass is 35.5. The van der Waals surface area contributed by atoms with Crippen LogP contribution in [0.1, 0.15) is 44.1 Å². The van der Waals surface area contributed by atoms with E-state index in [-0.39, 0.29) is 5.38 Å². The van der Waals surface area contributed by atoms with Crippen molar-refractivity contribution in [3.63, 3.8) is 0 Å². The number of hydrogen-bond donors (Lipinski definition) is 0. The topological polar surface area (TPSA) is 18.5 Å². The second-order valence-corrected chi connectivity index (χ2v) is 5.73. The van der Waals surface area contributed by atoms with Gasteiger partial charge >= 0.3 is 0 Å². The van der Waals surface area contributed by atoms with Crippen LogP contribution < -0.4 is 9.47 Å². The molecule has 0 radical (unpaired) electrons. The van der Waals surface area contributed by atoms with Crippen molar-refractivity contribution in [1.82, 2.24) is 0 Å². The molecule has 1 atom stereocenters. The Kier molecular flexibility index (Phi) is 5.23. The molecule has 1 heterocycles. The van der Waals surface area contributed by atoms with E-state index in [2.05, 4.69) is 13.8 Å². The lowest BCUT2D eigenvalue weighted by Gasteiger charge is -2.21. The van der Waals surface area contributed by atoms with Crippen LogP contribution in [0.25, 0.3) is 0 Å². The van der Waals surface area contributed by atoms with Crippen LogP contribution in [0.5, 0.6) is 11.5 Å². The van der Waals surface area contributed by atoms with Crippen LogP contribution in [0.3, 0.4) is 0 Å². The van der Waals surface area contributed by atoms with Crippen molar-refractivity contribution >= 4 is 23.2 Å². The highest BCUT2D eigenvalue weighted by Crippen LogP contribution is 2.42. The van der Waals surface area contributed by atoms with Crippen molar-refractivity contribution in [3.8, 4) is 11.5 Å². The minimum absolute atomic E-state index is 0.0837. The zero-order valence-electron chi connectivity index (χ0n) is 11.4. The minimum Gasteiger partial charge on any atom is -0.490 e. The summed E-state index contributed by atoms with van der Waals surface area (Å²) >= 11 is 12.9. The summed E-state index contributed by atoms with van der Waals surface area (Å²) in [6.45, 7) is 5.65. The first-order valence-corrected chi connectivity index (χ1v) is 7.71. The lowest BCUT2D eigenvalue weighted by molar-refractivity contribution is 0.297. The van der Waals surface area contributed by atoms with Crippen LogP contribution in [0.15, 0.2) is 12.1 Å². The van der Waals surface area contributed by atoms with Crippen molar-refractivity contribution in [1.29, 1.82) is 0 Å². The van der Waals surface area contributed by atoms with E-state index >= 15 is 0 Å². The predicted molar refractivity (Wildman–Crippen MR) is 79.7 cm³/mol. The minimum atomic E-state index is -0.0837. The molecule has 1 aliphatic heterocycles. The van der Waals surface area contributed by atoms with Gasteiger partial charge in [0.1, 0.15) is 0 Å². The lowest BCUT2D eigenvalue weighted by Crippen LogP contribution is -2.07. The molecule has 1 aromatic rings. The zero-order valence-corrected chi connectivity index (χ0v) is 12.9. The van der Waals surface area contributed by atoms with Crippen LogP contribution in [0, 0.1) is 5.92 Å². The fourth-order valence-electron chi connectivity index (χ4n) is 2.37.